The van der Waals surface area contributed by atoms with Crippen molar-refractivity contribution in [3.8, 4) is 0 Å². The minimum atomic E-state index is -0.434. The molecule has 1 amide bonds. The van der Waals surface area contributed by atoms with E-state index in [1.807, 2.05) is 13.8 Å². The Morgan fingerprint density at radius 3 is 2.08 bits per heavy atom. The summed E-state index contributed by atoms with van der Waals surface area (Å²) >= 11 is 0. The Morgan fingerprint density at radius 2 is 1.77 bits per heavy atom. The summed E-state index contributed by atoms with van der Waals surface area (Å²) < 4.78 is 0. The number of allylic oxidation sites excluding steroid dienone is 1. The molecule has 0 aromatic rings. The minimum absolute atomic E-state index is 0.110. The molecule has 0 heterocycles. The molecular formula is C10H17NO2. The van der Waals surface area contributed by atoms with Gasteiger partial charge in [0.05, 0.1) is 0 Å². The number of rotatable bonds is 4. The van der Waals surface area contributed by atoms with Crippen LogP contribution in [0.3, 0.4) is 0 Å². The van der Waals surface area contributed by atoms with Crippen LogP contribution in [0, 0.1) is 5.41 Å². The zero-order valence-corrected chi connectivity index (χ0v) is 8.68. The highest BCUT2D eigenvalue weighted by atomic mass is 16.1. The van der Waals surface area contributed by atoms with Crippen molar-refractivity contribution in [1.82, 2.24) is 0 Å². The maximum atomic E-state index is 10.9. The van der Waals surface area contributed by atoms with Gasteiger partial charge in [0.1, 0.15) is 5.78 Å². The zero-order valence-electron chi connectivity index (χ0n) is 8.68. The average molecular weight is 183 g/mol. The largest absolute Gasteiger partial charge is 0.366 e. The lowest BCUT2D eigenvalue weighted by molar-refractivity contribution is -0.118. The molecule has 0 saturated heterocycles. The highest BCUT2D eigenvalue weighted by Gasteiger charge is 2.18. The third-order valence-corrected chi connectivity index (χ3v) is 1.70. The van der Waals surface area contributed by atoms with Crippen molar-refractivity contribution in [2.24, 2.45) is 11.1 Å². The Morgan fingerprint density at radius 1 is 1.31 bits per heavy atom. The molecule has 0 aliphatic heterocycles. The first-order chi connectivity index (χ1) is 5.74. The summed E-state index contributed by atoms with van der Waals surface area (Å²) in [7, 11) is 0. The molecule has 3 nitrogen and oxygen atoms in total. The van der Waals surface area contributed by atoms with Crippen LogP contribution in [-0.4, -0.2) is 11.7 Å². The number of Topliss-reactive ketones (excluding diaryl/α,β-unsaturated/α-hetero) is 1. The van der Waals surface area contributed by atoms with Crippen molar-refractivity contribution in [2.45, 2.75) is 34.1 Å². The molecule has 0 aromatic heterocycles. The molecule has 0 bridgehead atoms. The van der Waals surface area contributed by atoms with Gasteiger partial charge in [0, 0.05) is 12.0 Å². The second kappa shape index (κ2) is 4.21. The summed E-state index contributed by atoms with van der Waals surface area (Å²) in [6.07, 6.45) is 2.17. The van der Waals surface area contributed by atoms with Gasteiger partial charge in [-0.15, -0.1) is 0 Å². The molecule has 0 spiro atoms. The van der Waals surface area contributed by atoms with Crippen LogP contribution in [0.2, 0.25) is 0 Å². The SMILES string of the molecule is CC(=O)CC(C)(C)/C=C(\C)C(N)=O. The molecule has 74 valence electrons. The Kier molecular flexibility index (Phi) is 3.85. The lowest BCUT2D eigenvalue weighted by Crippen LogP contribution is -2.18. The minimum Gasteiger partial charge on any atom is -0.366 e. The van der Waals surface area contributed by atoms with E-state index in [9.17, 15) is 9.59 Å². The van der Waals surface area contributed by atoms with E-state index < -0.39 is 5.91 Å². The second-order valence-electron chi connectivity index (χ2n) is 4.06. The van der Waals surface area contributed by atoms with Crippen molar-refractivity contribution in [2.75, 3.05) is 0 Å². The predicted octanol–water partition coefficient (Wildman–Crippen LogP) is 1.42. The van der Waals surface area contributed by atoms with Gasteiger partial charge in [-0.05, 0) is 19.3 Å². The van der Waals surface area contributed by atoms with Crippen LogP contribution in [-0.2, 0) is 9.59 Å². The predicted molar refractivity (Wildman–Crippen MR) is 52.0 cm³/mol. The van der Waals surface area contributed by atoms with Crippen LogP contribution in [0.4, 0.5) is 0 Å². The van der Waals surface area contributed by atoms with E-state index in [-0.39, 0.29) is 11.2 Å². The van der Waals surface area contributed by atoms with Crippen LogP contribution < -0.4 is 5.73 Å². The van der Waals surface area contributed by atoms with E-state index in [0.717, 1.165) is 0 Å². The average Bonchev–Trinajstić information content (AvgIpc) is 1.81. The fraction of sp³-hybridized carbons (Fsp3) is 0.600. The van der Waals surface area contributed by atoms with E-state index in [2.05, 4.69) is 0 Å². The lowest BCUT2D eigenvalue weighted by atomic mass is 9.85. The summed E-state index contributed by atoms with van der Waals surface area (Å²) in [5.74, 6) is -0.324. The maximum Gasteiger partial charge on any atom is 0.244 e. The summed E-state index contributed by atoms with van der Waals surface area (Å²) in [5, 5.41) is 0. The van der Waals surface area contributed by atoms with Gasteiger partial charge in [-0.3, -0.25) is 9.59 Å². The third kappa shape index (κ3) is 5.17. The quantitative estimate of drug-likeness (QED) is 0.670. The van der Waals surface area contributed by atoms with Gasteiger partial charge in [0.2, 0.25) is 5.91 Å². The Hall–Kier alpha value is -1.12. The van der Waals surface area contributed by atoms with E-state index in [1.54, 1.807) is 13.0 Å². The van der Waals surface area contributed by atoms with Crippen LogP contribution in [0.25, 0.3) is 0 Å². The lowest BCUT2D eigenvalue weighted by Gasteiger charge is -2.18. The first kappa shape index (κ1) is 11.9. The van der Waals surface area contributed by atoms with Gasteiger partial charge in [-0.1, -0.05) is 19.9 Å². The molecule has 0 saturated carbocycles. The standard InChI is InChI=1S/C10H17NO2/c1-7(9(11)13)5-10(3,4)6-8(2)12/h5H,6H2,1-4H3,(H2,11,13)/b7-5+. The normalized spacial score (nSPS) is 12.8. The van der Waals surface area contributed by atoms with E-state index in [4.69, 9.17) is 5.73 Å². The third-order valence-electron chi connectivity index (χ3n) is 1.70. The number of hydrogen-bond donors (Lipinski definition) is 1. The molecule has 0 fully saturated rings. The van der Waals surface area contributed by atoms with Crippen molar-refractivity contribution in [3.05, 3.63) is 11.6 Å². The van der Waals surface area contributed by atoms with Crippen LogP contribution >= 0.6 is 0 Å². The van der Waals surface area contributed by atoms with Gasteiger partial charge in [-0.2, -0.15) is 0 Å². The fourth-order valence-corrected chi connectivity index (χ4v) is 1.35. The number of ketones is 1. The molecule has 2 N–H and O–H groups in total. The highest BCUT2D eigenvalue weighted by Crippen LogP contribution is 2.23. The van der Waals surface area contributed by atoms with E-state index >= 15 is 0 Å². The van der Waals surface area contributed by atoms with Gasteiger partial charge >= 0.3 is 0 Å². The van der Waals surface area contributed by atoms with Crippen LogP contribution in [0.15, 0.2) is 11.6 Å². The summed E-state index contributed by atoms with van der Waals surface area (Å²) in [5.41, 5.74) is 5.30. The van der Waals surface area contributed by atoms with Gasteiger partial charge in [0.15, 0.2) is 0 Å². The van der Waals surface area contributed by atoms with Crippen molar-refractivity contribution in [1.29, 1.82) is 0 Å². The molecule has 3 heteroatoms. The molecule has 0 aliphatic carbocycles. The van der Waals surface area contributed by atoms with Crippen molar-refractivity contribution < 1.29 is 9.59 Å². The van der Waals surface area contributed by atoms with Gasteiger partial charge in [-0.25, -0.2) is 0 Å². The zero-order chi connectivity index (χ0) is 10.6. The van der Waals surface area contributed by atoms with Crippen molar-refractivity contribution in [3.63, 3.8) is 0 Å². The first-order valence-corrected chi connectivity index (χ1v) is 4.23. The molecule has 0 radical (unpaired) electrons. The fourth-order valence-electron chi connectivity index (χ4n) is 1.35. The summed E-state index contributed by atoms with van der Waals surface area (Å²) in [6.45, 7) is 7.00. The van der Waals surface area contributed by atoms with Crippen LogP contribution in [0.1, 0.15) is 34.1 Å². The molecule has 0 aliphatic rings. The monoisotopic (exact) mass is 183 g/mol. The Labute approximate surface area is 79.0 Å². The number of carbonyl (C=O) groups excluding carboxylic acids is 2. The smallest absolute Gasteiger partial charge is 0.244 e. The van der Waals surface area contributed by atoms with Gasteiger partial charge < -0.3 is 5.73 Å². The number of primary amides is 1. The molecular weight excluding hydrogens is 166 g/mol. The Balaban J connectivity index is 4.56. The number of nitrogens with two attached hydrogens (primary N) is 1. The molecule has 0 unspecified atom stereocenters. The van der Waals surface area contributed by atoms with Crippen LogP contribution in [0.5, 0.6) is 0 Å². The molecule has 13 heavy (non-hydrogen) atoms. The molecule has 0 aromatic carbocycles. The van der Waals surface area contributed by atoms with Crippen molar-refractivity contribution >= 4 is 11.7 Å². The summed E-state index contributed by atoms with van der Waals surface area (Å²) in [6, 6.07) is 0. The first-order valence-electron chi connectivity index (χ1n) is 4.23. The number of hydrogen-bond acceptors (Lipinski definition) is 2. The topological polar surface area (TPSA) is 60.2 Å². The van der Waals surface area contributed by atoms with Gasteiger partial charge in [0.25, 0.3) is 0 Å². The second-order valence-corrected chi connectivity index (χ2v) is 4.06. The highest BCUT2D eigenvalue weighted by molar-refractivity contribution is 5.91. The number of carbonyl (C=O) groups is 2. The van der Waals surface area contributed by atoms with E-state index in [1.165, 1.54) is 6.92 Å². The molecule has 0 rings (SSSR count). The van der Waals surface area contributed by atoms with E-state index in [0.29, 0.717) is 12.0 Å². The number of amides is 1. The summed E-state index contributed by atoms with van der Waals surface area (Å²) in [4.78, 5) is 21.6. The maximum absolute atomic E-state index is 10.9. The molecule has 0 atom stereocenters. The Bertz CT molecular complexity index is 252.